The average molecular weight is 579 g/mol. The minimum absolute atomic E-state index is 0.0217. The van der Waals surface area contributed by atoms with Gasteiger partial charge in [0.1, 0.15) is 0 Å². The lowest BCUT2D eigenvalue weighted by Crippen LogP contribution is -2.44. The highest BCUT2D eigenvalue weighted by Gasteiger charge is 2.36. The number of carbonyl (C=O) groups is 1. The topological polar surface area (TPSA) is 117 Å². The Kier molecular flexibility index (Phi) is 9.72. The SMILES string of the molecule is C=C(N)c1cnn(C)c1C.Cc1ccc(C(=O)Nc2cc(N3CCN(C)CC3)c(Cl)c(C(F)(F)F)c2)cc1NN. The van der Waals surface area contributed by atoms with E-state index in [2.05, 4.69) is 27.3 Å². The first-order chi connectivity index (χ1) is 18.7. The molecule has 0 atom stereocenters. The van der Waals surface area contributed by atoms with E-state index in [0.717, 1.165) is 22.9 Å². The van der Waals surface area contributed by atoms with Crippen LogP contribution >= 0.6 is 11.6 Å². The number of alkyl halides is 3. The van der Waals surface area contributed by atoms with Crippen molar-refractivity contribution in [3.05, 3.63) is 76.1 Å². The van der Waals surface area contributed by atoms with E-state index in [1.165, 1.54) is 12.1 Å². The van der Waals surface area contributed by atoms with Crippen molar-refractivity contribution in [3.63, 3.8) is 0 Å². The summed E-state index contributed by atoms with van der Waals surface area (Å²) in [6.07, 6.45) is -2.93. The van der Waals surface area contributed by atoms with Crippen LogP contribution in [-0.2, 0) is 13.2 Å². The maximum absolute atomic E-state index is 13.6. The number of nitrogen functional groups attached to an aromatic ring is 1. The standard InChI is InChI=1S/C20H23ClF3N5O.C7H11N3/c1-12-3-4-13(9-16(12)27-25)19(30)26-14-10-15(20(22,23)24)18(21)17(11-14)29-7-5-28(2)6-8-29;1-5(8)7-4-9-10(3)6(7)2/h3-4,9-11,27H,5-8,25H2,1-2H3,(H,26,30);4H,1,8H2,2-3H3. The molecule has 0 unspecified atom stereocenters. The molecular formula is C27H34ClF3N8O. The van der Waals surface area contributed by atoms with Crippen molar-refractivity contribution in [2.45, 2.75) is 20.0 Å². The highest BCUT2D eigenvalue weighted by molar-refractivity contribution is 6.34. The van der Waals surface area contributed by atoms with Crippen LogP contribution in [0.15, 0.2) is 43.1 Å². The maximum Gasteiger partial charge on any atom is 0.417 e. The summed E-state index contributed by atoms with van der Waals surface area (Å²) in [5, 5.41) is 6.20. The molecule has 1 amide bonds. The molecular weight excluding hydrogens is 545 g/mol. The lowest BCUT2D eigenvalue weighted by molar-refractivity contribution is -0.137. The molecule has 13 heteroatoms. The Labute approximate surface area is 236 Å². The van der Waals surface area contributed by atoms with Gasteiger partial charge in [-0.2, -0.15) is 18.3 Å². The number of halogens is 4. The van der Waals surface area contributed by atoms with E-state index in [1.54, 1.807) is 27.9 Å². The minimum atomic E-state index is -4.65. The fourth-order valence-electron chi connectivity index (χ4n) is 4.10. The molecule has 40 heavy (non-hydrogen) atoms. The van der Waals surface area contributed by atoms with Crippen LogP contribution in [0.4, 0.5) is 30.2 Å². The summed E-state index contributed by atoms with van der Waals surface area (Å²) < 4.78 is 42.6. The van der Waals surface area contributed by atoms with Crippen LogP contribution in [0.5, 0.6) is 0 Å². The Bertz CT molecular complexity index is 1380. The van der Waals surface area contributed by atoms with E-state index in [-0.39, 0.29) is 22.0 Å². The number of piperazine rings is 1. The van der Waals surface area contributed by atoms with Crippen LogP contribution in [0.3, 0.4) is 0 Å². The van der Waals surface area contributed by atoms with Gasteiger partial charge in [-0.3, -0.25) is 15.3 Å². The first kappa shape index (κ1) is 30.8. The summed E-state index contributed by atoms with van der Waals surface area (Å²) in [5.74, 6) is 4.89. The Balaban J connectivity index is 0.000000371. The first-order valence-electron chi connectivity index (χ1n) is 12.4. The number of aromatic nitrogens is 2. The quantitative estimate of drug-likeness (QED) is 0.258. The lowest BCUT2D eigenvalue weighted by Gasteiger charge is -2.35. The fourth-order valence-corrected chi connectivity index (χ4v) is 4.44. The number of carbonyl (C=O) groups excluding carboxylic acids is 1. The number of benzene rings is 2. The zero-order chi connectivity index (χ0) is 29.8. The summed E-state index contributed by atoms with van der Waals surface area (Å²) in [6, 6.07) is 7.15. The molecule has 3 aromatic rings. The average Bonchev–Trinajstić information content (AvgIpc) is 3.23. The molecule has 1 aromatic heterocycles. The molecule has 1 saturated heterocycles. The van der Waals surface area contributed by atoms with Crippen molar-refractivity contribution in [1.29, 1.82) is 0 Å². The van der Waals surface area contributed by atoms with Crippen LogP contribution < -0.4 is 27.2 Å². The number of nitrogens with zero attached hydrogens (tertiary/aromatic N) is 4. The van der Waals surface area contributed by atoms with Crippen LogP contribution in [0.25, 0.3) is 5.70 Å². The van der Waals surface area contributed by atoms with Gasteiger partial charge in [0.05, 0.1) is 28.2 Å². The molecule has 9 nitrogen and oxygen atoms in total. The van der Waals surface area contributed by atoms with Crippen LogP contribution in [0.1, 0.15) is 32.7 Å². The van der Waals surface area contributed by atoms with E-state index in [0.29, 0.717) is 37.6 Å². The molecule has 216 valence electrons. The number of hydrogen-bond donors (Lipinski definition) is 4. The van der Waals surface area contributed by atoms with Crippen molar-refractivity contribution >= 4 is 40.3 Å². The van der Waals surface area contributed by atoms with E-state index in [9.17, 15) is 18.0 Å². The predicted octanol–water partition coefficient (Wildman–Crippen LogP) is 4.61. The van der Waals surface area contributed by atoms with Gasteiger partial charge >= 0.3 is 6.18 Å². The number of nitrogens with one attached hydrogen (secondary N) is 2. The molecule has 2 aromatic carbocycles. The highest BCUT2D eigenvalue weighted by Crippen LogP contribution is 2.42. The van der Waals surface area contributed by atoms with Gasteiger partial charge in [0.2, 0.25) is 0 Å². The van der Waals surface area contributed by atoms with Crippen molar-refractivity contribution in [2.75, 3.05) is 48.9 Å². The summed E-state index contributed by atoms with van der Waals surface area (Å²) >= 11 is 6.14. The molecule has 4 rings (SSSR count). The zero-order valence-corrected chi connectivity index (χ0v) is 23.6. The van der Waals surface area contributed by atoms with E-state index >= 15 is 0 Å². The van der Waals surface area contributed by atoms with Crippen molar-refractivity contribution < 1.29 is 18.0 Å². The summed E-state index contributed by atoms with van der Waals surface area (Å²) in [4.78, 5) is 16.5. The molecule has 0 radical (unpaired) electrons. The summed E-state index contributed by atoms with van der Waals surface area (Å²) in [5.41, 5.74) is 11.5. The number of amides is 1. The van der Waals surface area contributed by atoms with Gasteiger partial charge in [-0.05, 0) is 50.7 Å². The molecule has 0 spiro atoms. The second-order valence-electron chi connectivity index (χ2n) is 9.57. The highest BCUT2D eigenvalue weighted by atomic mass is 35.5. The van der Waals surface area contributed by atoms with Gasteiger partial charge in [-0.15, -0.1) is 0 Å². The normalized spacial score (nSPS) is 13.9. The molecule has 0 aliphatic carbocycles. The number of hydrogen-bond acceptors (Lipinski definition) is 7. The Hall–Kier alpha value is -3.74. The van der Waals surface area contributed by atoms with Gasteiger partial charge in [0.25, 0.3) is 5.91 Å². The van der Waals surface area contributed by atoms with Gasteiger partial charge in [-0.1, -0.05) is 24.2 Å². The number of anilines is 3. The second-order valence-corrected chi connectivity index (χ2v) is 9.94. The molecule has 1 fully saturated rings. The predicted molar refractivity (Wildman–Crippen MR) is 154 cm³/mol. The van der Waals surface area contributed by atoms with E-state index in [4.69, 9.17) is 23.2 Å². The molecule has 6 N–H and O–H groups in total. The third kappa shape index (κ3) is 7.26. The monoisotopic (exact) mass is 578 g/mol. The molecule has 2 heterocycles. The minimum Gasteiger partial charge on any atom is -0.399 e. The number of likely N-dealkylation sites (N-methyl/N-ethyl adjacent to an activating group) is 1. The van der Waals surface area contributed by atoms with Crippen molar-refractivity contribution in [3.8, 4) is 0 Å². The number of rotatable bonds is 5. The largest absolute Gasteiger partial charge is 0.417 e. The van der Waals surface area contributed by atoms with E-state index < -0.39 is 17.6 Å². The third-order valence-corrected chi connectivity index (χ3v) is 7.09. The van der Waals surface area contributed by atoms with Crippen LogP contribution in [0.2, 0.25) is 5.02 Å². The number of hydrazine groups is 1. The van der Waals surface area contributed by atoms with Crippen LogP contribution in [0, 0.1) is 13.8 Å². The second kappa shape index (κ2) is 12.6. The lowest BCUT2D eigenvalue weighted by atomic mass is 10.1. The van der Waals surface area contributed by atoms with Crippen molar-refractivity contribution in [2.24, 2.45) is 18.6 Å². The Morgan fingerprint density at radius 3 is 2.25 bits per heavy atom. The van der Waals surface area contributed by atoms with Gasteiger partial charge < -0.3 is 26.3 Å². The van der Waals surface area contributed by atoms with Crippen LogP contribution in [-0.4, -0.2) is 53.8 Å². The van der Waals surface area contributed by atoms with Gasteiger partial charge in [0, 0.05) is 61.4 Å². The summed E-state index contributed by atoms with van der Waals surface area (Å²) in [6.45, 7) is 9.87. The number of nitrogens with two attached hydrogens (primary N) is 2. The molecule has 0 bridgehead atoms. The smallest absolute Gasteiger partial charge is 0.399 e. The molecule has 0 saturated carbocycles. The molecule has 1 aliphatic heterocycles. The summed E-state index contributed by atoms with van der Waals surface area (Å²) in [7, 11) is 3.82. The van der Waals surface area contributed by atoms with Crippen molar-refractivity contribution in [1.82, 2.24) is 14.7 Å². The first-order valence-corrected chi connectivity index (χ1v) is 12.8. The Morgan fingerprint density at radius 1 is 1.10 bits per heavy atom. The third-order valence-electron chi connectivity index (χ3n) is 6.70. The van der Waals surface area contributed by atoms with Gasteiger partial charge in [-0.25, -0.2) is 0 Å². The molecule has 1 aliphatic rings. The maximum atomic E-state index is 13.6. The van der Waals surface area contributed by atoms with E-state index in [1.807, 2.05) is 27.9 Å². The zero-order valence-electron chi connectivity index (χ0n) is 22.9. The fraction of sp³-hybridized carbons (Fsp3) is 0.333. The van der Waals surface area contributed by atoms with Gasteiger partial charge in [0.15, 0.2) is 0 Å². The Morgan fingerprint density at radius 2 is 1.75 bits per heavy atom. The number of aryl methyl sites for hydroxylation is 2.